The van der Waals surface area contributed by atoms with Gasteiger partial charge in [0.1, 0.15) is 16.6 Å². The third-order valence-corrected chi connectivity index (χ3v) is 5.17. The number of rotatable bonds is 5. The standard InChI is InChI=1S/C24H18N4O2/c29-22(17-9-5-2-6-10-17)20-21-23(27-19-15-25-13-11-18(19)26-21)28(24(20)30)14-12-16-7-3-1-4-8-16/h1-11,13,15,25H,12,14H2. The maximum absolute atomic E-state index is 13.4. The maximum atomic E-state index is 13.4. The Bertz CT molecular complexity index is 1420. The number of H-pyrrole nitrogens is 1. The summed E-state index contributed by atoms with van der Waals surface area (Å²) < 4.78 is 1.57. The molecule has 0 saturated carbocycles. The van der Waals surface area contributed by atoms with Crippen LogP contribution < -0.4 is 5.56 Å². The van der Waals surface area contributed by atoms with Crippen molar-refractivity contribution in [2.45, 2.75) is 13.0 Å². The molecule has 0 aliphatic heterocycles. The molecule has 146 valence electrons. The molecule has 0 saturated heterocycles. The van der Waals surface area contributed by atoms with E-state index >= 15 is 0 Å². The molecule has 6 nitrogen and oxygen atoms in total. The first kappa shape index (κ1) is 18.0. The Morgan fingerprint density at radius 3 is 2.40 bits per heavy atom. The molecule has 0 bridgehead atoms. The Morgan fingerprint density at radius 1 is 0.900 bits per heavy atom. The van der Waals surface area contributed by atoms with Crippen LogP contribution in [0.4, 0.5) is 0 Å². The lowest BCUT2D eigenvalue weighted by Gasteiger charge is -2.04. The minimum Gasteiger partial charge on any atom is -0.366 e. The Balaban J connectivity index is 1.70. The first-order valence-corrected chi connectivity index (χ1v) is 9.73. The highest BCUT2D eigenvalue weighted by Crippen LogP contribution is 2.21. The fraction of sp³-hybridized carbons (Fsp3) is 0.0833. The summed E-state index contributed by atoms with van der Waals surface area (Å²) in [6.45, 7) is 0.415. The van der Waals surface area contributed by atoms with Gasteiger partial charge in [-0.1, -0.05) is 60.7 Å². The highest BCUT2D eigenvalue weighted by Gasteiger charge is 2.25. The lowest BCUT2D eigenvalue weighted by molar-refractivity contribution is 0.103. The van der Waals surface area contributed by atoms with Crippen molar-refractivity contribution in [3.8, 4) is 0 Å². The van der Waals surface area contributed by atoms with E-state index in [9.17, 15) is 9.59 Å². The molecule has 0 radical (unpaired) electrons. The minimum atomic E-state index is -0.353. The van der Waals surface area contributed by atoms with E-state index in [4.69, 9.17) is 0 Å². The maximum Gasteiger partial charge on any atom is 0.265 e. The molecule has 5 aromatic rings. The summed E-state index contributed by atoms with van der Waals surface area (Å²) >= 11 is 0. The number of carbonyl (C=O) groups excluding carboxylic acids is 1. The zero-order valence-corrected chi connectivity index (χ0v) is 16.1. The fourth-order valence-electron chi connectivity index (χ4n) is 3.65. The lowest BCUT2D eigenvalue weighted by Crippen LogP contribution is -2.22. The molecule has 3 aromatic heterocycles. The van der Waals surface area contributed by atoms with Crippen LogP contribution in [0.3, 0.4) is 0 Å². The SMILES string of the molecule is O=C(c1ccccc1)c1c(=O)n(CCc2ccccc2)c2nc3c[nH]ccc3nc12. The van der Waals surface area contributed by atoms with Gasteiger partial charge in [-0.05, 0) is 18.1 Å². The molecule has 0 aliphatic rings. The fourth-order valence-corrected chi connectivity index (χ4v) is 3.65. The van der Waals surface area contributed by atoms with E-state index in [0.29, 0.717) is 40.7 Å². The number of benzene rings is 2. The molecule has 0 unspecified atom stereocenters. The van der Waals surface area contributed by atoms with Gasteiger partial charge in [-0.3, -0.25) is 14.2 Å². The molecule has 30 heavy (non-hydrogen) atoms. The van der Waals surface area contributed by atoms with Gasteiger partial charge in [0.2, 0.25) is 5.78 Å². The minimum absolute atomic E-state index is 0.0755. The predicted octanol–water partition coefficient (Wildman–Crippen LogP) is 3.75. The van der Waals surface area contributed by atoms with Crippen LogP contribution in [-0.2, 0) is 13.0 Å². The van der Waals surface area contributed by atoms with Crippen LogP contribution >= 0.6 is 0 Å². The summed E-state index contributed by atoms with van der Waals surface area (Å²) in [6, 6.07) is 20.5. The second kappa shape index (κ2) is 7.40. The molecule has 5 rings (SSSR count). The monoisotopic (exact) mass is 394 g/mol. The van der Waals surface area contributed by atoms with Crippen molar-refractivity contribution in [2.24, 2.45) is 0 Å². The Labute approximate surface area is 171 Å². The van der Waals surface area contributed by atoms with Gasteiger partial charge in [0.15, 0.2) is 5.65 Å². The number of hydrogen-bond acceptors (Lipinski definition) is 4. The predicted molar refractivity (Wildman–Crippen MR) is 116 cm³/mol. The topological polar surface area (TPSA) is 80.6 Å². The van der Waals surface area contributed by atoms with Crippen LogP contribution in [0.15, 0.2) is 83.9 Å². The Hall–Kier alpha value is -4.06. The van der Waals surface area contributed by atoms with Gasteiger partial charge in [0, 0.05) is 24.5 Å². The quantitative estimate of drug-likeness (QED) is 0.461. The average Bonchev–Trinajstić information content (AvgIpc) is 3.07. The van der Waals surface area contributed by atoms with E-state index in [2.05, 4.69) is 15.0 Å². The van der Waals surface area contributed by atoms with Crippen molar-refractivity contribution in [2.75, 3.05) is 0 Å². The molecule has 0 fully saturated rings. The number of pyridine rings is 1. The van der Waals surface area contributed by atoms with Crippen molar-refractivity contribution in [1.82, 2.24) is 19.5 Å². The zero-order valence-electron chi connectivity index (χ0n) is 16.1. The number of aromatic amines is 1. The van der Waals surface area contributed by atoms with Crippen molar-refractivity contribution < 1.29 is 4.79 Å². The molecular weight excluding hydrogens is 376 g/mol. The summed E-state index contributed by atoms with van der Waals surface area (Å²) in [5, 5.41) is 0. The number of carbonyl (C=O) groups is 1. The van der Waals surface area contributed by atoms with Gasteiger partial charge >= 0.3 is 0 Å². The second-order valence-electron chi connectivity index (χ2n) is 7.07. The summed E-state index contributed by atoms with van der Waals surface area (Å²) in [7, 11) is 0. The van der Waals surface area contributed by atoms with E-state index in [1.54, 1.807) is 47.3 Å². The van der Waals surface area contributed by atoms with Crippen LogP contribution in [0.5, 0.6) is 0 Å². The van der Waals surface area contributed by atoms with Gasteiger partial charge in [-0.15, -0.1) is 0 Å². The molecule has 2 aromatic carbocycles. The smallest absolute Gasteiger partial charge is 0.265 e. The molecule has 0 spiro atoms. The second-order valence-corrected chi connectivity index (χ2v) is 7.07. The van der Waals surface area contributed by atoms with Crippen LogP contribution in [0.2, 0.25) is 0 Å². The number of fused-ring (bicyclic) bond motifs is 2. The van der Waals surface area contributed by atoms with E-state index in [0.717, 1.165) is 5.56 Å². The third kappa shape index (κ3) is 3.08. The summed E-state index contributed by atoms with van der Waals surface area (Å²) in [4.78, 5) is 38.9. The number of nitrogens with one attached hydrogen (secondary N) is 1. The van der Waals surface area contributed by atoms with Crippen LogP contribution in [0.25, 0.3) is 22.2 Å². The highest BCUT2D eigenvalue weighted by atomic mass is 16.1. The van der Waals surface area contributed by atoms with Crippen LogP contribution in [0, 0.1) is 0 Å². The van der Waals surface area contributed by atoms with Gasteiger partial charge in [0.05, 0.1) is 5.52 Å². The first-order valence-electron chi connectivity index (χ1n) is 9.73. The lowest BCUT2D eigenvalue weighted by atomic mass is 10.1. The van der Waals surface area contributed by atoms with Crippen molar-refractivity contribution >= 4 is 28.0 Å². The van der Waals surface area contributed by atoms with E-state index in [1.165, 1.54) is 0 Å². The average molecular weight is 394 g/mol. The number of aryl methyl sites for hydroxylation is 2. The zero-order chi connectivity index (χ0) is 20.5. The van der Waals surface area contributed by atoms with Crippen LogP contribution in [-0.4, -0.2) is 25.3 Å². The van der Waals surface area contributed by atoms with E-state index < -0.39 is 0 Å². The highest BCUT2D eigenvalue weighted by molar-refractivity contribution is 6.15. The Morgan fingerprint density at radius 2 is 1.63 bits per heavy atom. The van der Waals surface area contributed by atoms with Crippen molar-refractivity contribution in [1.29, 1.82) is 0 Å². The molecule has 0 aliphatic carbocycles. The number of nitrogens with zero attached hydrogens (tertiary/aromatic N) is 3. The summed E-state index contributed by atoms with van der Waals surface area (Å²) in [5.41, 5.74) is 3.34. The van der Waals surface area contributed by atoms with Gasteiger partial charge < -0.3 is 4.98 Å². The van der Waals surface area contributed by atoms with Gasteiger partial charge in [-0.25, -0.2) is 9.97 Å². The van der Waals surface area contributed by atoms with Crippen LogP contribution in [0.1, 0.15) is 21.5 Å². The van der Waals surface area contributed by atoms with Gasteiger partial charge in [0.25, 0.3) is 5.56 Å². The molecule has 1 N–H and O–H groups in total. The van der Waals surface area contributed by atoms with E-state index in [1.807, 2.05) is 36.4 Å². The van der Waals surface area contributed by atoms with E-state index in [-0.39, 0.29) is 16.9 Å². The first-order chi connectivity index (χ1) is 14.7. The van der Waals surface area contributed by atoms with Gasteiger partial charge in [-0.2, -0.15) is 0 Å². The molecule has 0 amide bonds. The molecule has 0 atom stereocenters. The molecule has 3 heterocycles. The summed E-state index contributed by atoms with van der Waals surface area (Å²) in [5.74, 6) is -0.333. The normalized spacial score (nSPS) is 11.2. The molecule has 6 heteroatoms. The third-order valence-electron chi connectivity index (χ3n) is 5.17. The molecular formula is C24H18N4O2. The number of aromatic nitrogens is 4. The van der Waals surface area contributed by atoms with Crippen molar-refractivity contribution in [3.63, 3.8) is 0 Å². The Kier molecular flexibility index (Phi) is 4.44. The van der Waals surface area contributed by atoms with Crippen molar-refractivity contribution in [3.05, 3.63) is 106 Å². The summed E-state index contributed by atoms with van der Waals surface area (Å²) in [6.07, 6.45) is 4.13. The number of ketones is 1. The largest absolute Gasteiger partial charge is 0.366 e. The number of hydrogen-bond donors (Lipinski definition) is 1.